The SMILES string of the molecule is CCCCCN(C(=O)c1coc(CN)c1)C(C)C.Cl. The van der Waals surface area contributed by atoms with Gasteiger partial charge in [-0.3, -0.25) is 4.79 Å². The van der Waals surface area contributed by atoms with Crippen molar-refractivity contribution in [3.63, 3.8) is 0 Å². The molecule has 0 fully saturated rings. The number of carbonyl (C=O) groups excluding carboxylic acids is 1. The largest absolute Gasteiger partial charge is 0.467 e. The quantitative estimate of drug-likeness (QED) is 0.784. The molecular formula is C14H25ClN2O2. The van der Waals surface area contributed by atoms with Crippen molar-refractivity contribution in [2.75, 3.05) is 6.54 Å². The van der Waals surface area contributed by atoms with E-state index >= 15 is 0 Å². The lowest BCUT2D eigenvalue weighted by Gasteiger charge is -2.26. The number of furan rings is 1. The molecule has 0 saturated heterocycles. The van der Waals surface area contributed by atoms with Crippen LogP contribution >= 0.6 is 12.4 Å². The highest BCUT2D eigenvalue weighted by Gasteiger charge is 2.19. The Bertz CT molecular complexity index is 377. The van der Waals surface area contributed by atoms with Crippen molar-refractivity contribution in [1.82, 2.24) is 4.90 Å². The number of hydrogen-bond acceptors (Lipinski definition) is 3. The van der Waals surface area contributed by atoms with Gasteiger partial charge in [0.15, 0.2) is 0 Å². The van der Waals surface area contributed by atoms with Crippen LogP contribution in [0, 0.1) is 0 Å². The van der Waals surface area contributed by atoms with Gasteiger partial charge in [-0.05, 0) is 26.3 Å². The highest BCUT2D eigenvalue weighted by atomic mass is 35.5. The number of nitrogens with zero attached hydrogens (tertiary/aromatic N) is 1. The molecule has 0 aliphatic heterocycles. The van der Waals surface area contributed by atoms with Crippen LogP contribution in [0.1, 0.15) is 56.2 Å². The van der Waals surface area contributed by atoms with Crippen LogP contribution in [0.25, 0.3) is 0 Å². The summed E-state index contributed by atoms with van der Waals surface area (Å²) in [6, 6.07) is 1.93. The summed E-state index contributed by atoms with van der Waals surface area (Å²) in [5.41, 5.74) is 6.08. The lowest BCUT2D eigenvalue weighted by molar-refractivity contribution is 0.0701. The lowest BCUT2D eigenvalue weighted by Crippen LogP contribution is -2.37. The van der Waals surface area contributed by atoms with Crippen LogP contribution < -0.4 is 5.73 Å². The van der Waals surface area contributed by atoms with Crippen molar-refractivity contribution in [2.24, 2.45) is 5.73 Å². The monoisotopic (exact) mass is 288 g/mol. The second-order valence-corrected chi connectivity index (χ2v) is 4.81. The molecule has 1 aromatic rings. The van der Waals surface area contributed by atoms with E-state index in [1.54, 1.807) is 6.07 Å². The Morgan fingerprint density at radius 2 is 2.11 bits per heavy atom. The molecule has 110 valence electrons. The fourth-order valence-electron chi connectivity index (χ4n) is 1.89. The Morgan fingerprint density at radius 1 is 1.42 bits per heavy atom. The number of rotatable bonds is 7. The highest BCUT2D eigenvalue weighted by Crippen LogP contribution is 2.13. The van der Waals surface area contributed by atoms with Crippen molar-refractivity contribution < 1.29 is 9.21 Å². The Hall–Kier alpha value is -1.00. The number of amides is 1. The number of unbranched alkanes of at least 4 members (excludes halogenated alkanes) is 2. The molecular weight excluding hydrogens is 264 g/mol. The normalized spacial score (nSPS) is 10.4. The molecule has 0 atom stereocenters. The van der Waals surface area contributed by atoms with Crippen molar-refractivity contribution in [3.05, 3.63) is 23.7 Å². The molecule has 0 aliphatic rings. The third-order valence-electron chi connectivity index (χ3n) is 2.99. The van der Waals surface area contributed by atoms with Crippen LogP contribution in [-0.4, -0.2) is 23.4 Å². The first kappa shape index (κ1) is 18.0. The van der Waals surface area contributed by atoms with Crippen molar-refractivity contribution in [2.45, 2.75) is 52.6 Å². The van der Waals surface area contributed by atoms with E-state index < -0.39 is 0 Å². The smallest absolute Gasteiger partial charge is 0.257 e. The number of halogens is 1. The van der Waals surface area contributed by atoms with E-state index in [2.05, 4.69) is 6.92 Å². The number of hydrogen-bond donors (Lipinski definition) is 1. The molecule has 1 heterocycles. The maximum atomic E-state index is 12.3. The predicted molar refractivity (Wildman–Crippen MR) is 79.5 cm³/mol. The van der Waals surface area contributed by atoms with Crippen LogP contribution in [0.2, 0.25) is 0 Å². The second-order valence-electron chi connectivity index (χ2n) is 4.81. The van der Waals surface area contributed by atoms with Crippen molar-refractivity contribution in [1.29, 1.82) is 0 Å². The van der Waals surface area contributed by atoms with E-state index in [1.807, 2.05) is 18.7 Å². The van der Waals surface area contributed by atoms with Crippen LogP contribution in [0.4, 0.5) is 0 Å². The molecule has 1 rings (SSSR count). The highest BCUT2D eigenvalue weighted by molar-refractivity contribution is 5.94. The van der Waals surface area contributed by atoms with Gasteiger partial charge in [0.25, 0.3) is 5.91 Å². The first-order chi connectivity index (χ1) is 8.60. The predicted octanol–water partition coefficient (Wildman–Crippen LogP) is 3.20. The molecule has 1 aromatic heterocycles. The minimum Gasteiger partial charge on any atom is -0.467 e. The van der Waals surface area contributed by atoms with Gasteiger partial charge in [-0.2, -0.15) is 0 Å². The van der Waals surface area contributed by atoms with Gasteiger partial charge in [-0.1, -0.05) is 19.8 Å². The van der Waals surface area contributed by atoms with Gasteiger partial charge in [0.1, 0.15) is 12.0 Å². The maximum absolute atomic E-state index is 12.3. The van der Waals surface area contributed by atoms with Crippen LogP contribution in [0.15, 0.2) is 16.7 Å². The van der Waals surface area contributed by atoms with Gasteiger partial charge >= 0.3 is 0 Å². The van der Waals surface area contributed by atoms with Crippen molar-refractivity contribution in [3.8, 4) is 0 Å². The second kappa shape index (κ2) is 8.99. The van der Waals surface area contributed by atoms with E-state index in [-0.39, 0.29) is 24.4 Å². The first-order valence-electron chi connectivity index (χ1n) is 6.68. The summed E-state index contributed by atoms with van der Waals surface area (Å²) < 4.78 is 5.22. The Balaban J connectivity index is 0.00000324. The zero-order valence-corrected chi connectivity index (χ0v) is 12.8. The van der Waals surface area contributed by atoms with Gasteiger partial charge in [-0.15, -0.1) is 12.4 Å². The minimum absolute atomic E-state index is 0. The molecule has 1 amide bonds. The average molecular weight is 289 g/mol. The zero-order chi connectivity index (χ0) is 13.5. The summed E-state index contributed by atoms with van der Waals surface area (Å²) in [4.78, 5) is 14.2. The average Bonchev–Trinajstić information content (AvgIpc) is 2.82. The molecule has 4 nitrogen and oxygen atoms in total. The molecule has 0 spiro atoms. The molecule has 0 unspecified atom stereocenters. The molecule has 0 aliphatic carbocycles. The van der Waals surface area contributed by atoms with Gasteiger partial charge in [0.05, 0.1) is 12.1 Å². The molecule has 0 bridgehead atoms. The summed E-state index contributed by atoms with van der Waals surface area (Å²) in [5.74, 6) is 0.681. The standard InChI is InChI=1S/C14H24N2O2.ClH/c1-4-5-6-7-16(11(2)3)14(17)12-8-13(9-15)18-10-12;/h8,10-11H,4-7,9,15H2,1-3H3;1H. The summed E-state index contributed by atoms with van der Waals surface area (Å²) in [6.07, 6.45) is 4.85. The fourth-order valence-corrected chi connectivity index (χ4v) is 1.89. The van der Waals surface area contributed by atoms with Crippen LogP contribution in [-0.2, 0) is 6.54 Å². The van der Waals surface area contributed by atoms with Crippen LogP contribution in [0.5, 0.6) is 0 Å². The molecule has 19 heavy (non-hydrogen) atoms. The third-order valence-corrected chi connectivity index (χ3v) is 2.99. The van der Waals surface area contributed by atoms with Gasteiger partial charge in [-0.25, -0.2) is 0 Å². The number of carbonyl (C=O) groups is 1. The zero-order valence-electron chi connectivity index (χ0n) is 12.0. The first-order valence-corrected chi connectivity index (χ1v) is 6.68. The number of nitrogens with two attached hydrogens (primary N) is 1. The minimum atomic E-state index is 0. The molecule has 0 radical (unpaired) electrons. The maximum Gasteiger partial charge on any atom is 0.257 e. The van der Waals surface area contributed by atoms with Crippen molar-refractivity contribution >= 4 is 18.3 Å². The van der Waals surface area contributed by atoms with E-state index in [1.165, 1.54) is 6.26 Å². The summed E-state index contributed by atoms with van der Waals surface area (Å²) >= 11 is 0. The molecule has 0 saturated carbocycles. The van der Waals surface area contributed by atoms with E-state index in [0.717, 1.165) is 25.8 Å². The van der Waals surface area contributed by atoms with E-state index in [0.29, 0.717) is 17.9 Å². The Labute approximate surface area is 121 Å². The topological polar surface area (TPSA) is 59.5 Å². The molecule has 2 N–H and O–H groups in total. The van der Waals surface area contributed by atoms with E-state index in [4.69, 9.17) is 10.2 Å². The Kier molecular flexibility index (Phi) is 8.52. The molecule has 5 heteroatoms. The fraction of sp³-hybridized carbons (Fsp3) is 0.643. The summed E-state index contributed by atoms with van der Waals surface area (Å²) in [6.45, 7) is 7.35. The third kappa shape index (κ3) is 5.25. The summed E-state index contributed by atoms with van der Waals surface area (Å²) in [5, 5.41) is 0. The summed E-state index contributed by atoms with van der Waals surface area (Å²) in [7, 11) is 0. The van der Waals surface area contributed by atoms with Gasteiger partial charge in [0, 0.05) is 12.6 Å². The van der Waals surface area contributed by atoms with Gasteiger partial charge < -0.3 is 15.1 Å². The molecule has 0 aromatic carbocycles. The van der Waals surface area contributed by atoms with Crippen LogP contribution in [0.3, 0.4) is 0 Å². The van der Waals surface area contributed by atoms with Gasteiger partial charge in [0.2, 0.25) is 0 Å². The Morgan fingerprint density at radius 3 is 2.58 bits per heavy atom. The lowest BCUT2D eigenvalue weighted by atomic mass is 10.2. The van der Waals surface area contributed by atoms with E-state index in [9.17, 15) is 4.79 Å².